The van der Waals surface area contributed by atoms with Gasteiger partial charge >= 0.3 is 5.69 Å². The molecule has 0 saturated heterocycles. The van der Waals surface area contributed by atoms with Gasteiger partial charge in [0.2, 0.25) is 11.9 Å². The molecular formula is C14H11Cl2N7O3. The third-order valence-corrected chi connectivity index (χ3v) is 3.99. The summed E-state index contributed by atoms with van der Waals surface area (Å²) in [6.07, 6.45) is 3.68. The summed E-state index contributed by atoms with van der Waals surface area (Å²) in [5.41, 5.74) is 0.674. The molecule has 134 valence electrons. The van der Waals surface area contributed by atoms with E-state index in [0.29, 0.717) is 16.6 Å². The van der Waals surface area contributed by atoms with E-state index in [1.807, 2.05) is 0 Å². The molecule has 10 nitrogen and oxygen atoms in total. The molecule has 0 aliphatic rings. The molecule has 0 radical (unpaired) electrons. The van der Waals surface area contributed by atoms with E-state index in [9.17, 15) is 14.9 Å². The van der Waals surface area contributed by atoms with Crippen LogP contribution in [0.1, 0.15) is 5.56 Å². The molecule has 0 spiro atoms. The zero-order chi connectivity index (χ0) is 18.7. The van der Waals surface area contributed by atoms with Crippen molar-refractivity contribution in [1.82, 2.24) is 24.5 Å². The van der Waals surface area contributed by atoms with Crippen molar-refractivity contribution in [3.05, 3.63) is 62.6 Å². The predicted molar refractivity (Wildman–Crippen MR) is 93.1 cm³/mol. The number of nitrogens with zero attached hydrogens (tertiary/aromatic N) is 6. The molecule has 1 N–H and O–H groups in total. The highest BCUT2D eigenvalue weighted by molar-refractivity contribution is 6.42. The first-order valence-corrected chi connectivity index (χ1v) is 7.96. The Kier molecular flexibility index (Phi) is 5.14. The molecule has 0 aliphatic carbocycles. The zero-order valence-corrected chi connectivity index (χ0v) is 14.6. The highest BCUT2D eigenvalue weighted by Gasteiger charge is 2.12. The molecule has 26 heavy (non-hydrogen) atoms. The van der Waals surface area contributed by atoms with Gasteiger partial charge in [-0.2, -0.15) is 5.10 Å². The minimum atomic E-state index is -0.590. The van der Waals surface area contributed by atoms with E-state index in [1.165, 1.54) is 11.0 Å². The predicted octanol–water partition coefficient (Wildman–Crippen LogP) is 2.38. The monoisotopic (exact) mass is 395 g/mol. The van der Waals surface area contributed by atoms with Crippen LogP contribution in [-0.4, -0.2) is 35.4 Å². The van der Waals surface area contributed by atoms with Crippen LogP contribution in [0.4, 0.5) is 11.6 Å². The number of halogens is 2. The number of nitrogens with one attached hydrogen (secondary N) is 1. The van der Waals surface area contributed by atoms with Crippen LogP contribution < -0.4 is 5.32 Å². The fourth-order valence-electron chi connectivity index (χ4n) is 2.10. The molecule has 1 aromatic carbocycles. The fourth-order valence-corrected chi connectivity index (χ4v) is 2.42. The fraction of sp³-hybridized carbons (Fsp3) is 0.143. The van der Waals surface area contributed by atoms with E-state index < -0.39 is 10.8 Å². The molecule has 0 fully saturated rings. The lowest BCUT2D eigenvalue weighted by Gasteiger charge is -2.03. The Morgan fingerprint density at radius 2 is 2.08 bits per heavy atom. The van der Waals surface area contributed by atoms with E-state index in [4.69, 9.17) is 23.2 Å². The first kappa shape index (κ1) is 17.8. The molecule has 0 atom stereocenters. The largest absolute Gasteiger partial charge is 0.307 e. The number of hydrogen-bond donors (Lipinski definition) is 1. The van der Waals surface area contributed by atoms with Crippen LogP contribution >= 0.6 is 23.2 Å². The number of rotatable bonds is 6. The lowest BCUT2D eigenvalue weighted by molar-refractivity contribution is -0.385. The van der Waals surface area contributed by atoms with Crippen LogP contribution in [0.3, 0.4) is 0 Å². The Morgan fingerprint density at radius 1 is 1.27 bits per heavy atom. The van der Waals surface area contributed by atoms with Gasteiger partial charge in [0.1, 0.15) is 25.3 Å². The number of anilines is 1. The van der Waals surface area contributed by atoms with Crippen LogP contribution in [0.25, 0.3) is 0 Å². The van der Waals surface area contributed by atoms with E-state index in [0.717, 1.165) is 22.6 Å². The number of nitro groups is 1. The Hall–Kier alpha value is -2.98. The van der Waals surface area contributed by atoms with Crippen molar-refractivity contribution >= 4 is 40.7 Å². The van der Waals surface area contributed by atoms with E-state index in [1.54, 1.807) is 18.2 Å². The normalized spacial score (nSPS) is 10.7. The quantitative estimate of drug-likeness (QED) is 0.505. The van der Waals surface area contributed by atoms with Crippen LogP contribution in [0.2, 0.25) is 10.0 Å². The molecule has 0 unspecified atom stereocenters. The Balaban J connectivity index is 1.59. The second-order valence-electron chi connectivity index (χ2n) is 5.22. The number of aromatic nitrogens is 5. The van der Waals surface area contributed by atoms with Gasteiger partial charge in [-0.3, -0.25) is 24.9 Å². The summed E-state index contributed by atoms with van der Waals surface area (Å²) < 4.78 is 2.67. The van der Waals surface area contributed by atoms with Gasteiger partial charge in [0.25, 0.3) is 0 Å². The van der Waals surface area contributed by atoms with E-state index in [2.05, 4.69) is 20.5 Å². The van der Waals surface area contributed by atoms with Crippen LogP contribution in [0.5, 0.6) is 0 Å². The average Bonchev–Trinajstić information content (AvgIpc) is 3.21. The molecule has 0 aliphatic heterocycles. The molecule has 0 saturated carbocycles. The maximum atomic E-state index is 11.9. The number of carbonyl (C=O) groups excluding carboxylic acids is 1. The molecule has 12 heteroatoms. The van der Waals surface area contributed by atoms with Crippen molar-refractivity contribution in [3.63, 3.8) is 0 Å². The smallest absolute Gasteiger partial charge is 0.292 e. The zero-order valence-electron chi connectivity index (χ0n) is 13.0. The molecule has 1 amide bonds. The maximum Gasteiger partial charge on any atom is 0.307 e. The lowest BCUT2D eigenvalue weighted by Crippen LogP contribution is -2.20. The highest BCUT2D eigenvalue weighted by atomic mass is 35.5. The summed E-state index contributed by atoms with van der Waals surface area (Å²) in [6, 6.07) is 5.20. The molecule has 3 rings (SSSR count). The summed E-state index contributed by atoms with van der Waals surface area (Å²) in [5, 5.41) is 21.9. The standard InChI is InChI=1S/C14H11Cl2N7O3/c15-11-2-1-9(3-12(11)16)5-22-8-17-14(20-22)19-13(24)7-21-6-10(4-18-21)23(25)26/h1-4,6,8H,5,7H2,(H,19,20,24). The van der Waals surface area contributed by atoms with Gasteiger partial charge in [0, 0.05) is 0 Å². The number of benzene rings is 1. The third kappa shape index (κ3) is 4.35. The third-order valence-electron chi connectivity index (χ3n) is 3.25. The van der Waals surface area contributed by atoms with E-state index >= 15 is 0 Å². The van der Waals surface area contributed by atoms with Gasteiger partial charge in [-0.25, -0.2) is 9.67 Å². The number of hydrogen-bond acceptors (Lipinski definition) is 6. The van der Waals surface area contributed by atoms with Gasteiger partial charge in [0.15, 0.2) is 0 Å². The van der Waals surface area contributed by atoms with Crippen molar-refractivity contribution in [2.45, 2.75) is 13.1 Å². The molecule has 0 bridgehead atoms. The van der Waals surface area contributed by atoms with Crippen LogP contribution in [0, 0.1) is 10.1 Å². The minimum Gasteiger partial charge on any atom is -0.292 e. The first-order chi connectivity index (χ1) is 12.4. The summed E-state index contributed by atoms with van der Waals surface area (Å²) in [4.78, 5) is 25.9. The molecule has 3 aromatic rings. The second kappa shape index (κ2) is 7.50. The van der Waals surface area contributed by atoms with Crippen LogP contribution in [-0.2, 0) is 17.9 Å². The molecule has 2 heterocycles. The van der Waals surface area contributed by atoms with Gasteiger partial charge < -0.3 is 0 Å². The van der Waals surface area contributed by atoms with Crippen molar-refractivity contribution < 1.29 is 9.72 Å². The van der Waals surface area contributed by atoms with Crippen molar-refractivity contribution in [2.75, 3.05) is 5.32 Å². The average molecular weight is 396 g/mol. The van der Waals surface area contributed by atoms with Crippen molar-refractivity contribution in [3.8, 4) is 0 Å². The summed E-state index contributed by atoms with van der Waals surface area (Å²) in [6.45, 7) is 0.195. The second-order valence-corrected chi connectivity index (χ2v) is 6.03. The molecular weight excluding hydrogens is 385 g/mol. The summed E-state index contributed by atoms with van der Waals surface area (Å²) >= 11 is 11.8. The van der Waals surface area contributed by atoms with Crippen molar-refractivity contribution in [1.29, 1.82) is 0 Å². The van der Waals surface area contributed by atoms with Gasteiger partial charge in [-0.1, -0.05) is 29.3 Å². The Morgan fingerprint density at radius 3 is 2.77 bits per heavy atom. The topological polar surface area (TPSA) is 121 Å². The Bertz CT molecular complexity index is 969. The maximum absolute atomic E-state index is 11.9. The number of amides is 1. The lowest BCUT2D eigenvalue weighted by atomic mass is 10.2. The summed E-state index contributed by atoms with van der Waals surface area (Å²) in [7, 11) is 0. The Labute approximate surface area is 156 Å². The number of carbonyl (C=O) groups is 1. The minimum absolute atomic E-state index is 0.108. The summed E-state index contributed by atoms with van der Waals surface area (Å²) in [5.74, 6) is -0.355. The van der Waals surface area contributed by atoms with Gasteiger partial charge in [0.05, 0.1) is 21.5 Å². The first-order valence-electron chi connectivity index (χ1n) is 7.21. The molecule has 2 aromatic heterocycles. The van der Waals surface area contributed by atoms with Crippen molar-refractivity contribution in [2.24, 2.45) is 0 Å². The van der Waals surface area contributed by atoms with Gasteiger partial charge in [-0.15, -0.1) is 5.10 Å². The van der Waals surface area contributed by atoms with Crippen LogP contribution in [0.15, 0.2) is 36.9 Å². The SMILES string of the molecule is O=C(Cn1cc([N+](=O)[O-])cn1)Nc1ncn(Cc2ccc(Cl)c(Cl)c2)n1. The van der Waals surface area contributed by atoms with E-state index in [-0.39, 0.29) is 18.2 Å². The highest BCUT2D eigenvalue weighted by Crippen LogP contribution is 2.22. The van der Waals surface area contributed by atoms with Gasteiger partial charge in [-0.05, 0) is 17.7 Å².